The minimum absolute atomic E-state index is 0.0791. The molecule has 0 aliphatic carbocycles. The number of rotatable bonds is 3. The molecule has 1 atom stereocenters. The second-order valence-electron chi connectivity index (χ2n) is 3.40. The summed E-state index contributed by atoms with van der Waals surface area (Å²) in [7, 11) is 0. The highest BCUT2D eigenvalue weighted by atomic mass is 16.6. The van der Waals surface area contributed by atoms with Crippen LogP contribution in [0.25, 0.3) is 0 Å². The third kappa shape index (κ3) is 2.09. The third-order valence-corrected chi connectivity index (χ3v) is 2.18. The molecule has 0 saturated heterocycles. The molecule has 76 valence electrons. The molecule has 1 rings (SSSR count). The van der Waals surface area contributed by atoms with Crippen molar-refractivity contribution < 1.29 is 10.0 Å². The Morgan fingerprint density at radius 1 is 1.57 bits per heavy atom. The molecular weight excluding hydrogens is 182 g/mol. The van der Waals surface area contributed by atoms with E-state index < -0.39 is 4.92 Å². The number of hydrogen-bond acceptors (Lipinski definition) is 3. The fourth-order valence-electron chi connectivity index (χ4n) is 1.33. The molecule has 0 aliphatic rings. The van der Waals surface area contributed by atoms with Crippen molar-refractivity contribution in [2.75, 3.05) is 6.61 Å². The summed E-state index contributed by atoms with van der Waals surface area (Å²) in [5.41, 5.74) is 1.64. The van der Waals surface area contributed by atoms with Gasteiger partial charge in [0.25, 0.3) is 5.69 Å². The summed E-state index contributed by atoms with van der Waals surface area (Å²) in [6.07, 6.45) is 0. The van der Waals surface area contributed by atoms with Crippen LogP contribution in [0.4, 0.5) is 5.69 Å². The minimum Gasteiger partial charge on any atom is -0.396 e. The Morgan fingerprint density at radius 2 is 2.21 bits per heavy atom. The molecule has 0 amide bonds. The molecule has 0 aliphatic heterocycles. The molecule has 1 N–H and O–H groups in total. The second kappa shape index (κ2) is 4.19. The molecule has 0 aromatic heterocycles. The quantitative estimate of drug-likeness (QED) is 0.592. The van der Waals surface area contributed by atoms with Gasteiger partial charge in [-0.3, -0.25) is 10.1 Å². The van der Waals surface area contributed by atoms with Gasteiger partial charge >= 0.3 is 0 Å². The van der Waals surface area contributed by atoms with E-state index in [-0.39, 0.29) is 18.2 Å². The third-order valence-electron chi connectivity index (χ3n) is 2.18. The van der Waals surface area contributed by atoms with Gasteiger partial charge in [-0.05, 0) is 13.0 Å². The van der Waals surface area contributed by atoms with Gasteiger partial charge in [-0.2, -0.15) is 0 Å². The standard InChI is InChI=1S/C10H13NO3/c1-7-3-4-10(11(13)14)9(5-7)8(2)6-12/h3-5,8,12H,6H2,1-2H3. The van der Waals surface area contributed by atoms with E-state index in [4.69, 9.17) is 5.11 Å². The fourth-order valence-corrected chi connectivity index (χ4v) is 1.33. The van der Waals surface area contributed by atoms with E-state index in [9.17, 15) is 10.1 Å². The number of hydrogen-bond donors (Lipinski definition) is 1. The normalized spacial score (nSPS) is 12.5. The minimum atomic E-state index is -0.416. The zero-order valence-corrected chi connectivity index (χ0v) is 8.23. The van der Waals surface area contributed by atoms with Crippen molar-refractivity contribution in [1.82, 2.24) is 0 Å². The van der Waals surface area contributed by atoms with Gasteiger partial charge in [0.15, 0.2) is 0 Å². The average Bonchev–Trinajstić information content (AvgIpc) is 2.16. The van der Waals surface area contributed by atoms with Gasteiger partial charge in [0.05, 0.1) is 4.92 Å². The Kier molecular flexibility index (Phi) is 3.19. The highest BCUT2D eigenvalue weighted by molar-refractivity contribution is 5.44. The van der Waals surface area contributed by atoms with E-state index in [2.05, 4.69) is 0 Å². The smallest absolute Gasteiger partial charge is 0.272 e. The first-order valence-electron chi connectivity index (χ1n) is 4.42. The number of aliphatic hydroxyl groups is 1. The van der Waals surface area contributed by atoms with Gasteiger partial charge in [-0.25, -0.2) is 0 Å². The van der Waals surface area contributed by atoms with Gasteiger partial charge in [0.1, 0.15) is 0 Å². The second-order valence-corrected chi connectivity index (χ2v) is 3.40. The van der Waals surface area contributed by atoms with E-state index in [0.29, 0.717) is 5.56 Å². The van der Waals surface area contributed by atoms with Crippen LogP contribution in [-0.4, -0.2) is 16.6 Å². The van der Waals surface area contributed by atoms with Crippen molar-refractivity contribution in [2.24, 2.45) is 0 Å². The van der Waals surface area contributed by atoms with E-state index >= 15 is 0 Å². The molecule has 4 heteroatoms. The molecule has 1 aromatic carbocycles. The molecule has 0 radical (unpaired) electrons. The van der Waals surface area contributed by atoms with Gasteiger partial charge in [-0.1, -0.05) is 18.6 Å². The van der Waals surface area contributed by atoms with Crippen molar-refractivity contribution in [3.05, 3.63) is 39.4 Å². The number of nitro groups is 1. The van der Waals surface area contributed by atoms with Crippen LogP contribution in [0.2, 0.25) is 0 Å². The van der Waals surface area contributed by atoms with Crippen LogP contribution in [0.3, 0.4) is 0 Å². The predicted octanol–water partition coefficient (Wildman–Crippen LogP) is 2.00. The van der Waals surface area contributed by atoms with Gasteiger partial charge in [0.2, 0.25) is 0 Å². The maximum Gasteiger partial charge on any atom is 0.272 e. The van der Waals surface area contributed by atoms with Crippen molar-refractivity contribution in [1.29, 1.82) is 0 Å². The number of benzene rings is 1. The lowest BCUT2D eigenvalue weighted by atomic mass is 9.98. The predicted molar refractivity (Wildman–Crippen MR) is 53.3 cm³/mol. The summed E-state index contributed by atoms with van der Waals surface area (Å²) in [6, 6.07) is 4.93. The molecule has 14 heavy (non-hydrogen) atoms. The summed E-state index contributed by atoms with van der Waals surface area (Å²) in [4.78, 5) is 10.3. The van der Waals surface area contributed by atoms with Crippen LogP contribution in [0, 0.1) is 17.0 Å². The van der Waals surface area contributed by atoms with E-state index in [1.807, 2.05) is 6.92 Å². The maximum absolute atomic E-state index is 10.7. The number of nitrogens with zero attached hydrogens (tertiary/aromatic N) is 1. The van der Waals surface area contributed by atoms with Crippen molar-refractivity contribution in [3.63, 3.8) is 0 Å². The van der Waals surface area contributed by atoms with Crippen LogP contribution in [0.5, 0.6) is 0 Å². The highest BCUT2D eigenvalue weighted by Gasteiger charge is 2.17. The fraction of sp³-hybridized carbons (Fsp3) is 0.400. The lowest BCUT2D eigenvalue weighted by Crippen LogP contribution is -2.03. The Balaban J connectivity index is 3.22. The summed E-state index contributed by atoms with van der Waals surface area (Å²) >= 11 is 0. The monoisotopic (exact) mass is 195 g/mol. The number of nitro benzene ring substituents is 1. The summed E-state index contributed by atoms with van der Waals surface area (Å²) in [5, 5.41) is 19.6. The van der Waals surface area contributed by atoms with Crippen LogP contribution in [-0.2, 0) is 0 Å². The van der Waals surface area contributed by atoms with Crippen LogP contribution in [0.1, 0.15) is 24.0 Å². The number of aryl methyl sites for hydroxylation is 1. The summed E-state index contributed by atoms with van der Waals surface area (Å²) in [5.74, 6) is -0.199. The van der Waals surface area contributed by atoms with Crippen LogP contribution >= 0.6 is 0 Å². The lowest BCUT2D eigenvalue weighted by molar-refractivity contribution is -0.385. The summed E-state index contributed by atoms with van der Waals surface area (Å²) < 4.78 is 0. The molecule has 1 unspecified atom stereocenters. The number of aliphatic hydroxyl groups excluding tert-OH is 1. The molecule has 1 aromatic rings. The van der Waals surface area contributed by atoms with E-state index in [1.54, 1.807) is 19.1 Å². The Bertz CT molecular complexity index is 349. The van der Waals surface area contributed by atoms with Gasteiger partial charge in [0, 0.05) is 24.2 Å². The molecule has 0 fully saturated rings. The average molecular weight is 195 g/mol. The maximum atomic E-state index is 10.7. The van der Waals surface area contributed by atoms with E-state index in [0.717, 1.165) is 5.56 Å². The molecule has 0 heterocycles. The van der Waals surface area contributed by atoms with Crippen molar-refractivity contribution >= 4 is 5.69 Å². The zero-order valence-electron chi connectivity index (χ0n) is 8.23. The molecule has 0 spiro atoms. The van der Waals surface area contributed by atoms with Gasteiger partial charge in [-0.15, -0.1) is 0 Å². The zero-order chi connectivity index (χ0) is 10.7. The van der Waals surface area contributed by atoms with Crippen LogP contribution in [0.15, 0.2) is 18.2 Å². The van der Waals surface area contributed by atoms with Crippen LogP contribution < -0.4 is 0 Å². The molecular formula is C10H13NO3. The SMILES string of the molecule is Cc1ccc([N+](=O)[O-])c(C(C)CO)c1. The van der Waals surface area contributed by atoms with Gasteiger partial charge < -0.3 is 5.11 Å². The molecule has 4 nitrogen and oxygen atoms in total. The largest absolute Gasteiger partial charge is 0.396 e. The topological polar surface area (TPSA) is 63.4 Å². The Labute approximate surface area is 82.3 Å². The summed E-state index contributed by atoms with van der Waals surface area (Å²) in [6.45, 7) is 3.56. The Hall–Kier alpha value is -1.42. The first-order chi connectivity index (χ1) is 6.56. The van der Waals surface area contributed by atoms with E-state index in [1.165, 1.54) is 6.07 Å². The van der Waals surface area contributed by atoms with Crippen molar-refractivity contribution in [2.45, 2.75) is 19.8 Å². The first-order valence-corrected chi connectivity index (χ1v) is 4.42. The van der Waals surface area contributed by atoms with Crippen molar-refractivity contribution in [3.8, 4) is 0 Å². The lowest BCUT2D eigenvalue weighted by Gasteiger charge is -2.09. The first kappa shape index (κ1) is 10.7. The Morgan fingerprint density at radius 3 is 2.71 bits per heavy atom. The molecule has 0 bridgehead atoms. The molecule has 0 saturated carbocycles. The highest BCUT2D eigenvalue weighted by Crippen LogP contribution is 2.26.